The van der Waals surface area contributed by atoms with Gasteiger partial charge in [-0.25, -0.2) is 0 Å². The molecule has 1 unspecified atom stereocenters. The molecule has 2 aromatic rings. The Morgan fingerprint density at radius 1 is 1.24 bits per heavy atom. The molecule has 0 fully saturated rings. The van der Waals surface area contributed by atoms with Gasteiger partial charge in [0.25, 0.3) is 5.69 Å². The SMILES string of the molecule is CC1CC(=O)c2cc(-c3cccc([N+](=O)[O-])c3)nnc2C1. The van der Waals surface area contributed by atoms with Crippen molar-refractivity contribution in [1.29, 1.82) is 0 Å². The number of rotatable bonds is 2. The van der Waals surface area contributed by atoms with Gasteiger partial charge in [-0.1, -0.05) is 19.1 Å². The van der Waals surface area contributed by atoms with E-state index in [1.165, 1.54) is 12.1 Å². The average molecular weight is 283 g/mol. The maximum atomic E-state index is 12.1. The molecule has 1 aliphatic rings. The van der Waals surface area contributed by atoms with E-state index in [-0.39, 0.29) is 17.4 Å². The first kappa shape index (κ1) is 13.4. The number of ketones is 1. The lowest BCUT2D eigenvalue weighted by Crippen LogP contribution is -2.20. The zero-order valence-electron chi connectivity index (χ0n) is 11.4. The molecule has 0 aliphatic heterocycles. The van der Waals surface area contributed by atoms with Gasteiger partial charge in [0.05, 0.1) is 16.3 Å². The van der Waals surface area contributed by atoms with Crippen molar-refractivity contribution in [2.45, 2.75) is 19.8 Å². The van der Waals surface area contributed by atoms with E-state index in [2.05, 4.69) is 10.2 Å². The highest BCUT2D eigenvalue weighted by atomic mass is 16.6. The summed E-state index contributed by atoms with van der Waals surface area (Å²) in [7, 11) is 0. The Balaban J connectivity index is 2.05. The maximum Gasteiger partial charge on any atom is 0.270 e. The first-order valence-corrected chi connectivity index (χ1v) is 6.69. The van der Waals surface area contributed by atoms with Gasteiger partial charge in [0.2, 0.25) is 0 Å². The summed E-state index contributed by atoms with van der Waals surface area (Å²) in [6.45, 7) is 2.01. The first-order valence-electron chi connectivity index (χ1n) is 6.69. The molecular weight excluding hydrogens is 270 g/mol. The molecule has 1 aromatic heterocycles. The van der Waals surface area contributed by atoms with Crippen molar-refractivity contribution in [2.75, 3.05) is 0 Å². The van der Waals surface area contributed by atoms with Crippen LogP contribution in [0.4, 0.5) is 5.69 Å². The fraction of sp³-hybridized carbons (Fsp3) is 0.267. The van der Waals surface area contributed by atoms with Gasteiger partial charge in [-0.15, -0.1) is 0 Å². The summed E-state index contributed by atoms with van der Waals surface area (Å²) in [6.07, 6.45) is 1.25. The Kier molecular flexibility index (Phi) is 3.21. The highest BCUT2D eigenvalue weighted by Crippen LogP contribution is 2.27. The Morgan fingerprint density at radius 3 is 2.81 bits per heavy atom. The summed E-state index contributed by atoms with van der Waals surface area (Å²) in [5, 5.41) is 19.1. The van der Waals surface area contributed by atoms with Crippen LogP contribution in [0.25, 0.3) is 11.3 Å². The number of hydrogen-bond donors (Lipinski definition) is 0. The number of hydrogen-bond acceptors (Lipinski definition) is 5. The molecule has 3 rings (SSSR count). The molecule has 6 heteroatoms. The van der Waals surface area contributed by atoms with Crippen LogP contribution in [0, 0.1) is 16.0 Å². The lowest BCUT2D eigenvalue weighted by atomic mass is 9.87. The zero-order valence-corrected chi connectivity index (χ0v) is 11.4. The lowest BCUT2D eigenvalue weighted by Gasteiger charge is -2.19. The molecule has 1 aromatic carbocycles. The van der Waals surface area contributed by atoms with Gasteiger partial charge in [0.15, 0.2) is 5.78 Å². The largest absolute Gasteiger partial charge is 0.294 e. The highest BCUT2D eigenvalue weighted by molar-refractivity contribution is 5.99. The molecule has 0 N–H and O–H groups in total. The van der Waals surface area contributed by atoms with Crippen molar-refractivity contribution >= 4 is 11.5 Å². The molecule has 106 valence electrons. The van der Waals surface area contributed by atoms with E-state index in [4.69, 9.17) is 0 Å². The van der Waals surface area contributed by atoms with E-state index in [1.54, 1.807) is 18.2 Å². The molecule has 0 saturated carbocycles. The van der Waals surface area contributed by atoms with Crippen LogP contribution < -0.4 is 0 Å². The summed E-state index contributed by atoms with van der Waals surface area (Å²) in [5.41, 5.74) is 2.37. The van der Waals surface area contributed by atoms with Crippen molar-refractivity contribution < 1.29 is 9.72 Å². The number of non-ortho nitro benzene ring substituents is 1. The van der Waals surface area contributed by atoms with Crippen LogP contribution in [-0.4, -0.2) is 20.9 Å². The second-order valence-electron chi connectivity index (χ2n) is 5.33. The van der Waals surface area contributed by atoms with Crippen LogP contribution in [0.15, 0.2) is 30.3 Å². The fourth-order valence-corrected chi connectivity index (χ4v) is 2.56. The highest BCUT2D eigenvalue weighted by Gasteiger charge is 2.24. The van der Waals surface area contributed by atoms with Crippen LogP contribution in [0.1, 0.15) is 29.4 Å². The number of carbonyl (C=O) groups is 1. The van der Waals surface area contributed by atoms with E-state index >= 15 is 0 Å². The molecule has 0 amide bonds. The summed E-state index contributed by atoms with van der Waals surface area (Å²) in [5.74, 6) is 0.341. The molecule has 6 nitrogen and oxygen atoms in total. The van der Waals surface area contributed by atoms with Gasteiger partial charge in [-0.3, -0.25) is 14.9 Å². The molecule has 0 spiro atoms. The number of nitro groups is 1. The number of aromatic nitrogens is 2. The molecule has 1 heterocycles. The van der Waals surface area contributed by atoms with E-state index in [9.17, 15) is 14.9 Å². The minimum atomic E-state index is -0.456. The monoisotopic (exact) mass is 283 g/mol. The normalized spacial score (nSPS) is 17.4. The Bertz CT molecular complexity index is 743. The standard InChI is InChI=1S/C15H13N3O3/c1-9-5-14-12(15(19)6-9)8-13(16-17-14)10-3-2-4-11(7-10)18(20)21/h2-4,7-9H,5-6H2,1H3. The van der Waals surface area contributed by atoms with Crippen molar-refractivity contribution in [3.05, 3.63) is 51.7 Å². The predicted molar refractivity (Wildman–Crippen MR) is 75.9 cm³/mol. The third kappa shape index (κ3) is 2.52. The summed E-state index contributed by atoms with van der Waals surface area (Å²) < 4.78 is 0. The molecule has 0 radical (unpaired) electrons. The second-order valence-corrected chi connectivity index (χ2v) is 5.33. The van der Waals surface area contributed by atoms with E-state index < -0.39 is 4.92 Å². The van der Waals surface area contributed by atoms with E-state index in [0.717, 1.165) is 6.42 Å². The van der Waals surface area contributed by atoms with Crippen molar-refractivity contribution in [1.82, 2.24) is 10.2 Å². The minimum absolute atomic E-state index is 0.00744. The smallest absolute Gasteiger partial charge is 0.270 e. The van der Waals surface area contributed by atoms with Crippen molar-refractivity contribution in [2.24, 2.45) is 5.92 Å². The van der Waals surface area contributed by atoms with Crippen LogP contribution in [0.5, 0.6) is 0 Å². The van der Waals surface area contributed by atoms with E-state index in [0.29, 0.717) is 28.9 Å². The summed E-state index contributed by atoms with van der Waals surface area (Å²) in [6, 6.07) is 7.86. The van der Waals surface area contributed by atoms with Crippen LogP contribution in [-0.2, 0) is 6.42 Å². The molecule has 21 heavy (non-hydrogen) atoms. The first-order chi connectivity index (χ1) is 10.0. The van der Waals surface area contributed by atoms with Gasteiger partial charge in [0, 0.05) is 29.7 Å². The third-order valence-corrected chi connectivity index (χ3v) is 3.60. The van der Waals surface area contributed by atoms with E-state index in [1.807, 2.05) is 6.92 Å². The van der Waals surface area contributed by atoms with Crippen LogP contribution >= 0.6 is 0 Å². The molecule has 1 aliphatic carbocycles. The van der Waals surface area contributed by atoms with Crippen molar-refractivity contribution in [3.8, 4) is 11.3 Å². The number of benzene rings is 1. The molecule has 0 bridgehead atoms. The third-order valence-electron chi connectivity index (χ3n) is 3.60. The molecule has 0 saturated heterocycles. The van der Waals surface area contributed by atoms with Crippen LogP contribution in [0.3, 0.4) is 0 Å². The quantitative estimate of drug-likeness (QED) is 0.624. The van der Waals surface area contributed by atoms with Crippen molar-refractivity contribution in [3.63, 3.8) is 0 Å². The van der Waals surface area contributed by atoms with Gasteiger partial charge in [-0.2, -0.15) is 10.2 Å². The summed E-state index contributed by atoms with van der Waals surface area (Å²) in [4.78, 5) is 22.4. The Hall–Kier alpha value is -2.63. The molecular formula is C15H13N3O3. The van der Waals surface area contributed by atoms with Crippen LogP contribution in [0.2, 0.25) is 0 Å². The number of nitrogens with zero attached hydrogens (tertiary/aromatic N) is 3. The van der Waals surface area contributed by atoms with Gasteiger partial charge < -0.3 is 0 Å². The fourth-order valence-electron chi connectivity index (χ4n) is 2.56. The minimum Gasteiger partial charge on any atom is -0.294 e. The topological polar surface area (TPSA) is 86.0 Å². The lowest BCUT2D eigenvalue weighted by molar-refractivity contribution is -0.384. The predicted octanol–water partition coefficient (Wildman–Crippen LogP) is 2.82. The Labute approximate surface area is 121 Å². The number of fused-ring (bicyclic) bond motifs is 1. The van der Waals surface area contributed by atoms with Gasteiger partial charge in [0.1, 0.15) is 0 Å². The second kappa shape index (κ2) is 5.05. The number of carbonyl (C=O) groups excluding carboxylic acids is 1. The summed E-state index contributed by atoms with van der Waals surface area (Å²) >= 11 is 0. The van der Waals surface area contributed by atoms with Gasteiger partial charge >= 0.3 is 0 Å². The zero-order chi connectivity index (χ0) is 15.0. The average Bonchev–Trinajstić information content (AvgIpc) is 2.47. The Morgan fingerprint density at radius 2 is 2.05 bits per heavy atom. The number of Topliss-reactive ketones (excluding diaryl/α,β-unsaturated/α-hetero) is 1. The molecule has 1 atom stereocenters. The van der Waals surface area contributed by atoms with Gasteiger partial charge in [-0.05, 0) is 18.4 Å². The number of nitro benzene ring substituents is 1. The maximum absolute atomic E-state index is 12.1.